The van der Waals surface area contributed by atoms with Crippen LogP contribution in [0.4, 0.5) is 24.5 Å². The lowest BCUT2D eigenvalue weighted by atomic mass is 10.0. The zero-order valence-electron chi connectivity index (χ0n) is 21.2. The van der Waals surface area contributed by atoms with Gasteiger partial charge in [0, 0.05) is 35.0 Å². The molecule has 0 bridgehead atoms. The zero-order valence-corrected chi connectivity index (χ0v) is 22.9. The van der Waals surface area contributed by atoms with Gasteiger partial charge in [-0.25, -0.2) is 0 Å². The maximum Gasteiger partial charge on any atom is 0.389 e. The van der Waals surface area contributed by atoms with Crippen LogP contribution in [0.2, 0.25) is 0 Å². The number of nitrogens with one attached hydrogen (secondary N) is 1. The molecule has 0 radical (unpaired) electrons. The molecule has 3 rings (SSSR count). The quantitative estimate of drug-likeness (QED) is 0.177. The van der Waals surface area contributed by atoms with Gasteiger partial charge in [-0.3, -0.25) is 4.79 Å². The molecule has 2 aromatic rings. The van der Waals surface area contributed by atoms with E-state index in [1.165, 1.54) is 5.56 Å². The molecule has 1 fully saturated rings. The molecule has 0 spiro atoms. The molecule has 0 saturated carbocycles. The molecule has 1 saturated heterocycles. The molecule has 2 aromatic carbocycles. The Labute approximate surface area is 229 Å². The van der Waals surface area contributed by atoms with Gasteiger partial charge in [-0.05, 0) is 42.5 Å². The number of carbonyl (C=O) groups excluding carboxylic acids is 1. The highest BCUT2D eigenvalue weighted by atomic mass is 32.1. The van der Waals surface area contributed by atoms with Gasteiger partial charge in [0.05, 0.1) is 25.3 Å². The van der Waals surface area contributed by atoms with Crippen molar-refractivity contribution in [3.05, 3.63) is 47.5 Å². The number of rotatable bonds is 13. The van der Waals surface area contributed by atoms with E-state index in [0.717, 1.165) is 62.9 Å². The van der Waals surface area contributed by atoms with Crippen molar-refractivity contribution < 1.29 is 22.7 Å². The second kappa shape index (κ2) is 14.9. The number of carbonyl (C=O) groups is 1. The van der Waals surface area contributed by atoms with E-state index in [4.69, 9.17) is 4.74 Å². The number of morpholine rings is 1. The summed E-state index contributed by atoms with van der Waals surface area (Å²) in [5.41, 5.74) is 3.77. The van der Waals surface area contributed by atoms with Gasteiger partial charge < -0.3 is 15.0 Å². The molecule has 4 nitrogen and oxygen atoms in total. The lowest BCUT2D eigenvalue weighted by Gasteiger charge is -2.29. The van der Waals surface area contributed by atoms with Crippen molar-refractivity contribution in [2.75, 3.05) is 36.5 Å². The normalized spacial score (nSPS) is 14.1. The van der Waals surface area contributed by atoms with E-state index >= 15 is 0 Å². The maximum atomic E-state index is 12.8. The molecule has 0 aromatic heterocycles. The number of hydrogen-bond acceptors (Lipinski definition) is 5. The summed E-state index contributed by atoms with van der Waals surface area (Å²) in [5.74, 6) is -0.118. The van der Waals surface area contributed by atoms with Crippen molar-refractivity contribution in [1.29, 1.82) is 0 Å². The summed E-state index contributed by atoms with van der Waals surface area (Å²) in [6.45, 7) is 3.01. The molecule has 0 unspecified atom stereocenters. The first kappa shape index (κ1) is 29.7. The topological polar surface area (TPSA) is 41.6 Å². The van der Waals surface area contributed by atoms with Crippen LogP contribution in [-0.2, 0) is 22.4 Å². The molecule has 1 aliphatic heterocycles. The zero-order chi connectivity index (χ0) is 26.7. The fraction of sp³-hybridized carbons (Fsp3) is 0.536. The molecule has 1 amide bonds. The van der Waals surface area contributed by atoms with Gasteiger partial charge in [0.2, 0.25) is 5.91 Å². The predicted octanol–water partition coefficient (Wildman–Crippen LogP) is 7.51. The van der Waals surface area contributed by atoms with Crippen LogP contribution in [0.3, 0.4) is 0 Å². The highest BCUT2D eigenvalue weighted by molar-refractivity contribution is 7.81. The smallest absolute Gasteiger partial charge is 0.378 e. The van der Waals surface area contributed by atoms with Gasteiger partial charge in [0.1, 0.15) is 0 Å². The summed E-state index contributed by atoms with van der Waals surface area (Å²) in [7, 11) is 0. The molecule has 1 N–H and O–H groups in total. The first-order valence-electron chi connectivity index (χ1n) is 13.0. The van der Waals surface area contributed by atoms with Crippen molar-refractivity contribution in [2.24, 2.45) is 0 Å². The third-order valence-electron chi connectivity index (χ3n) is 6.50. The summed E-state index contributed by atoms with van der Waals surface area (Å²) in [6.07, 6.45) is 2.31. The van der Waals surface area contributed by atoms with Gasteiger partial charge in [-0.15, -0.1) is 25.3 Å². The van der Waals surface area contributed by atoms with Gasteiger partial charge in [-0.1, -0.05) is 56.4 Å². The van der Waals surface area contributed by atoms with E-state index in [0.29, 0.717) is 35.1 Å². The molecule has 37 heavy (non-hydrogen) atoms. The fourth-order valence-corrected chi connectivity index (χ4v) is 5.24. The maximum absolute atomic E-state index is 12.8. The Morgan fingerprint density at radius 1 is 0.892 bits per heavy atom. The number of amides is 1. The van der Waals surface area contributed by atoms with Crippen molar-refractivity contribution in [1.82, 2.24) is 0 Å². The standard InChI is InChI=1S/C28H37F3N2O2S2/c29-28(30,31)12-7-5-3-1-2-4-6-9-21-10-8-11-22(17-21)18-26(34)32-27-24(36)19-23(20-25(27)37)33-13-15-35-16-14-33/h8,10-11,17,19-20,36-37H,1-7,9,12-16,18H2,(H,32,34). The lowest BCUT2D eigenvalue weighted by molar-refractivity contribution is -0.135. The summed E-state index contributed by atoms with van der Waals surface area (Å²) in [4.78, 5) is 16.4. The summed E-state index contributed by atoms with van der Waals surface area (Å²) in [6, 6.07) is 12.0. The van der Waals surface area contributed by atoms with E-state index in [9.17, 15) is 18.0 Å². The van der Waals surface area contributed by atoms with Crippen molar-refractivity contribution >= 4 is 42.5 Å². The van der Waals surface area contributed by atoms with Crippen LogP contribution in [-0.4, -0.2) is 38.4 Å². The average molecular weight is 555 g/mol. The van der Waals surface area contributed by atoms with Crippen LogP contribution in [0.5, 0.6) is 0 Å². The van der Waals surface area contributed by atoms with Crippen LogP contribution in [0.25, 0.3) is 0 Å². The molecule has 0 aliphatic carbocycles. The Kier molecular flexibility index (Phi) is 12.0. The Hall–Kier alpha value is -1.84. The Balaban J connectivity index is 1.40. The van der Waals surface area contributed by atoms with Crippen molar-refractivity contribution in [2.45, 2.75) is 80.2 Å². The van der Waals surface area contributed by atoms with Gasteiger partial charge in [-0.2, -0.15) is 13.2 Å². The Morgan fingerprint density at radius 3 is 2.14 bits per heavy atom. The third kappa shape index (κ3) is 10.8. The fourth-order valence-electron chi connectivity index (χ4n) is 4.53. The highest BCUT2D eigenvalue weighted by Crippen LogP contribution is 2.33. The number of benzene rings is 2. The summed E-state index contributed by atoms with van der Waals surface area (Å²) < 4.78 is 41.9. The van der Waals surface area contributed by atoms with Gasteiger partial charge >= 0.3 is 6.18 Å². The van der Waals surface area contributed by atoms with Gasteiger partial charge in [0.25, 0.3) is 0 Å². The number of ether oxygens (including phenoxy) is 1. The second-order valence-electron chi connectivity index (χ2n) is 9.59. The number of halogens is 3. The van der Waals surface area contributed by atoms with E-state index in [2.05, 4.69) is 47.6 Å². The molecule has 1 aliphatic rings. The van der Waals surface area contributed by atoms with Crippen LogP contribution in [0.1, 0.15) is 62.5 Å². The lowest BCUT2D eigenvalue weighted by Crippen LogP contribution is -2.36. The van der Waals surface area contributed by atoms with E-state index in [1.807, 2.05) is 24.3 Å². The number of nitrogens with zero attached hydrogens (tertiary/aromatic N) is 1. The highest BCUT2D eigenvalue weighted by Gasteiger charge is 2.25. The minimum Gasteiger partial charge on any atom is -0.378 e. The minimum atomic E-state index is -4.03. The second-order valence-corrected chi connectivity index (χ2v) is 10.6. The van der Waals surface area contributed by atoms with Crippen molar-refractivity contribution in [3.8, 4) is 0 Å². The van der Waals surface area contributed by atoms with E-state index < -0.39 is 12.6 Å². The number of unbranched alkanes of at least 4 members (excludes halogenated alkanes) is 6. The predicted molar refractivity (Wildman–Crippen MR) is 149 cm³/mol. The average Bonchev–Trinajstić information content (AvgIpc) is 2.85. The van der Waals surface area contributed by atoms with Crippen LogP contribution < -0.4 is 10.2 Å². The number of anilines is 2. The summed E-state index contributed by atoms with van der Waals surface area (Å²) >= 11 is 9.20. The Morgan fingerprint density at radius 2 is 1.49 bits per heavy atom. The number of hydrogen-bond donors (Lipinski definition) is 3. The molecule has 1 heterocycles. The molecule has 204 valence electrons. The largest absolute Gasteiger partial charge is 0.389 e. The number of thiol groups is 2. The number of alkyl halides is 3. The molecular weight excluding hydrogens is 517 g/mol. The number of aryl methyl sites for hydroxylation is 1. The SMILES string of the molecule is O=C(Cc1cccc(CCCCCCCCCC(F)(F)F)c1)Nc1c(S)cc(N2CCOCC2)cc1S. The molecular formula is C28H37F3N2O2S2. The molecule has 0 atom stereocenters. The van der Waals surface area contributed by atoms with Crippen LogP contribution in [0, 0.1) is 0 Å². The minimum absolute atomic E-state index is 0.118. The first-order valence-corrected chi connectivity index (χ1v) is 13.9. The summed E-state index contributed by atoms with van der Waals surface area (Å²) in [5, 5.41) is 2.97. The van der Waals surface area contributed by atoms with E-state index in [1.54, 1.807) is 0 Å². The van der Waals surface area contributed by atoms with Crippen molar-refractivity contribution in [3.63, 3.8) is 0 Å². The van der Waals surface area contributed by atoms with E-state index in [-0.39, 0.29) is 18.7 Å². The van der Waals surface area contributed by atoms with Crippen LogP contribution in [0.15, 0.2) is 46.2 Å². The first-order chi connectivity index (χ1) is 17.7. The third-order valence-corrected chi connectivity index (χ3v) is 7.21. The van der Waals surface area contributed by atoms with Crippen LogP contribution >= 0.6 is 25.3 Å². The Bertz CT molecular complexity index is 988. The molecule has 9 heteroatoms. The monoisotopic (exact) mass is 554 g/mol. The van der Waals surface area contributed by atoms with Gasteiger partial charge in [0.15, 0.2) is 0 Å².